The summed E-state index contributed by atoms with van der Waals surface area (Å²) in [6, 6.07) is 26.9. The van der Waals surface area contributed by atoms with Crippen molar-refractivity contribution >= 4 is 23.4 Å². The average Bonchev–Trinajstić information content (AvgIpc) is 2.92. The zero-order valence-corrected chi connectivity index (χ0v) is 19.7. The first kappa shape index (κ1) is 24.2. The second-order valence-corrected chi connectivity index (χ2v) is 8.08. The van der Waals surface area contributed by atoms with Gasteiger partial charge in [-0.15, -0.1) is 6.58 Å². The van der Waals surface area contributed by atoms with Gasteiger partial charge in [0, 0.05) is 25.8 Å². The van der Waals surface area contributed by atoms with Crippen LogP contribution in [-0.2, 0) is 17.9 Å². The number of benzene rings is 2. The Balaban J connectivity index is 1.91. The number of carbonyl (C=O) groups is 1. The zero-order chi connectivity index (χ0) is 25.3. The van der Waals surface area contributed by atoms with Crippen molar-refractivity contribution in [2.45, 2.75) is 13.1 Å². The molecule has 0 aliphatic heterocycles. The first-order chi connectivity index (χ1) is 17.6. The lowest BCUT2D eigenvalue weighted by Crippen LogP contribution is -2.29. The summed E-state index contributed by atoms with van der Waals surface area (Å²) in [5, 5.41) is 12.3. The smallest absolute Gasteiger partial charge is 0.267 e. The van der Waals surface area contributed by atoms with Crippen LogP contribution >= 0.6 is 0 Å². The van der Waals surface area contributed by atoms with E-state index in [1.807, 2.05) is 77.7 Å². The molecule has 178 valence electrons. The molecule has 36 heavy (non-hydrogen) atoms. The Morgan fingerprint density at radius 2 is 1.61 bits per heavy atom. The highest BCUT2D eigenvalue weighted by atomic mass is 16.1. The number of nitriles is 1. The van der Waals surface area contributed by atoms with Crippen LogP contribution in [0.2, 0.25) is 0 Å². The molecular weight excluding hydrogens is 450 g/mol. The number of hydrogen-bond donors (Lipinski definition) is 1. The molecule has 4 rings (SSSR count). The van der Waals surface area contributed by atoms with Crippen molar-refractivity contribution in [1.82, 2.24) is 14.7 Å². The molecule has 0 aliphatic carbocycles. The van der Waals surface area contributed by atoms with Crippen LogP contribution in [0.15, 0.2) is 108 Å². The Hall–Kier alpha value is -4.96. The molecule has 7 heteroatoms. The Bertz CT molecular complexity index is 1460. The number of aromatic nitrogens is 2. The van der Waals surface area contributed by atoms with Crippen molar-refractivity contribution in [3.05, 3.63) is 130 Å². The maximum absolute atomic E-state index is 13.6. The lowest BCUT2D eigenvalue weighted by Gasteiger charge is -2.26. The minimum absolute atomic E-state index is 0.163. The summed E-state index contributed by atoms with van der Waals surface area (Å²) in [6.07, 6.45) is 4.46. The fraction of sp³-hybridized carbons (Fsp3) is 0.103. The second-order valence-electron chi connectivity index (χ2n) is 8.08. The van der Waals surface area contributed by atoms with Gasteiger partial charge in [0.15, 0.2) is 0 Å². The lowest BCUT2D eigenvalue weighted by molar-refractivity contribution is -0.116. The van der Waals surface area contributed by atoms with Crippen LogP contribution in [0.3, 0.4) is 0 Å². The van der Waals surface area contributed by atoms with Crippen molar-refractivity contribution in [3.63, 3.8) is 0 Å². The van der Waals surface area contributed by atoms with E-state index >= 15 is 0 Å². The maximum Gasteiger partial charge on any atom is 0.267 e. The summed E-state index contributed by atoms with van der Waals surface area (Å²) in [5.74, 6) is -0.193. The van der Waals surface area contributed by atoms with Crippen LogP contribution in [0.5, 0.6) is 0 Å². The molecule has 4 aromatic rings. The highest BCUT2D eigenvalue weighted by Gasteiger charge is 2.20. The normalized spacial score (nSPS) is 11.0. The van der Waals surface area contributed by atoms with Crippen LogP contribution in [-0.4, -0.2) is 21.8 Å². The third-order valence-electron chi connectivity index (χ3n) is 5.54. The van der Waals surface area contributed by atoms with Crippen molar-refractivity contribution in [2.24, 2.45) is 0 Å². The van der Waals surface area contributed by atoms with E-state index in [0.29, 0.717) is 24.6 Å². The topological polar surface area (TPSA) is 90.5 Å². The highest BCUT2D eigenvalue weighted by molar-refractivity contribution is 6.02. The standard InChI is InChI=1S/C29H25N5O2/c1-2-16-31-28(35)24(19-30)18-25-27(32-26-15-9-10-17-34(26)29(25)36)33(20-22-11-5-3-6-12-22)21-23-13-7-4-8-14-23/h2-15,17-18H,1,16,20-21H2,(H,31,35). The molecule has 0 fully saturated rings. The minimum Gasteiger partial charge on any atom is -0.348 e. The van der Waals surface area contributed by atoms with Gasteiger partial charge in [0.25, 0.3) is 11.5 Å². The van der Waals surface area contributed by atoms with Gasteiger partial charge in [-0.3, -0.25) is 14.0 Å². The Kier molecular flexibility index (Phi) is 7.69. The van der Waals surface area contributed by atoms with Gasteiger partial charge in [-0.2, -0.15) is 5.26 Å². The number of hydrogen-bond acceptors (Lipinski definition) is 5. The third kappa shape index (κ3) is 5.57. The van der Waals surface area contributed by atoms with Crippen molar-refractivity contribution in [3.8, 4) is 6.07 Å². The van der Waals surface area contributed by atoms with E-state index < -0.39 is 5.91 Å². The number of rotatable bonds is 9. The van der Waals surface area contributed by atoms with Crippen LogP contribution < -0.4 is 15.8 Å². The predicted molar refractivity (Wildman–Crippen MR) is 141 cm³/mol. The third-order valence-corrected chi connectivity index (χ3v) is 5.54. The van der Waals surface area contributed by atoms with Gasteiger partial charge in [-0.1, -0.05) is 72.8 Å². The lowest BCUT2D eigenvalue weighted by atomic mass is 10.1. The first-order valence-electron chi connectivity index (χ1n) is 11.5. The summed E-state index contributed by atoms with van der Waals surface area (Å²) in [4.78, 5) is 33.0. The number of nitrogens with one attached hydrogen (secondary N) is 1. The first-order valence-corrected chi connectivity index (χ1v) is 11.5. The molecule has 0 radical (unpaired) electrons. The van der Waals surface area contributed by atoms with Crippen molar-refractivity contribution in [2.75, 3.05) is 11.4 Å². The molecule has 2 heterocycles. The molecule has 2 aromatic heterocycles. The van der Waals surface area contributed by atoms with Gasteiger partial charge in [0.1, 0.15) is 23.1 Å². The van der Waals surface area contributed by atoms with Crippen LogP contribution in [0.4, 0.5) is 5.82 Å². The van der Waals surface area contributed by atoms with Gasteiger partial charge in [0.2, 0.25) is 0 Å². The van der Waals surface area contributed by atoms with Gasteiger partial charge < -0.3 is 10.2 Å². The molecule has 0 atom stereocenters. The van der Waals surface area contributed by atoms with Gasteiger partial charge in [-0.25, -0.2) is 4.98 Å². The SMILES string of the molecule is C=CCNC(=O)C(C#N)=Cc1c(N(Cc2ccccc2)Cc2ccccc2)nc2ccccn2c1=O. The van der Waals surface area contributed by atoms with Crippen LogP contribution in [0.1, 0.15) is 16.7 Å². The summed E-state index contributed by atoms with van der Waals surface area (Å²) < 4.78 is 1.41. The number of amides is 1. The number of fused-ring (bicyclic) bond motifs is 1. The molecule has 0 spiro atoms. The maximum atomic E-state index is 13.6. The summed E-state index contributed by atoms with van der Waals surface area (Å²) in [6.45, 7) is 4.72. The molecule has 0 saturated carbocycles. The second kappa shape index (κ2) is 11.4. The van der Waals surface area contributed by atoms with E-state index in [-0.39, 0.29) is 23.2 Å². The summed E-state index contributed by atoms with van der Waals surface area (Å²) >= 11 is 0. The van der Waals surface area contributed by atoms with Gasteiger partial charge in [-0.05, 0) is 29.3 Å². The van der Waals surface area contributed by atoms with Crippen molar-refractivity contribution in [1.29, 1.82) is 5.26 Å². The quantitative estimate of drug-likeness (QED) is 0.224. The largest absolute Gasteiger partial charge is 0.348 e. The fourth-order valence-electron chi connectivity index (χ4n) is 3.82. The predicted octanol–water partition coefficient (Wildman–Crippen LogP) is 4.11. The molecule has 1 N–H and O–H groups in total. The minimum atomic E-state index is -0.585. The summed E-state index contributed by atoms with van der Waals surface area (Å²) in [7, 11) is 0. The molecule has 2 aromatic carbocycles. The van der Waals surface area contributed by atoms with E-state index in [9.17, 15) is 14.9 Å². The number of anilines is 1. The molecular formula is C29H25N5O2. The molecule has 0 unspecified atom stereocenters. The van der Waals surface area contributed by atoms with Crippen LogP contribution in [0, 0.1) is 11.3 Å². The Labute approximate surface area is 209 Å². The van der Waals surface area contributed by atoms with Crippen molar-refractivity contribution < 1.29 is 4.79 Å². The molecule has 7 nitrogen and oxygen atoms in total. The van der Waals surface area contributed by atoms with E-state index in [1.165, 1.54) is 16.6 Å². The zero-order valence-electron chi connectivity index (χ0n) is 19.7. The van der Waals surface area contributed by atoms with E-state index in [0.717, 1.165) is 11.1 Å². The number of nitrogens with zero attached hydrogens (tertiary/aromatic N) is 4. The van der Waals surface area contributed by atoms with Gasteiger partial charge >= 0.3 is 0 Å². The average molecular weight is 476 g/mol. The summed E-state index contributed by atoms with van der Waals surface area (Å²) in [5.41, 5.74) is 2.13. The number of carbonyl (C=O) groups excluding carboxylic acids is 1. The molecule has 0 saturated heterocycles. The van der Waals surface area contributed by atoms with E-state index in [2.05, 4.69) is 11.9 Å². The fourth-order valence-corrected chi connectivity index (χ4v) is 3.82. The Morgan fingerprint density at radius 1 is 1.00 bits per heavy atom. The molecule has 0 bridgehead atoms. The van der Waals surface area contributed by atoms with E-state index in [1.54, 1.807) is 18.3 Å². The van der Waals surface area contributed by atoms with Gasteiger partial charge in [0.05, 0.1) is 5.56 Å². The molecule has 1 amide bonds. The molecule has 0 aliphatic rings. The highest BCUT2D eigenvalue weighted by Crippen LogP contribution is 2.24. The van der Waals surface area contributed by atoms with Crippen LogP contribution in [0.25, 0.3) is 11.7 Å². The number of pyridine rings is 1. The monoisotopic (exact) mass is 475 g/mol. The Morgan fingerprint density at radius 3 is 2.19 bits per heavy atom. The van der Waals surface area contributed by atoms with E-state index in [4.69, 9.17) is 4.98 Å².